The normalized spacial score (nSPS) is 14.9. The van der Waals surface area contributed by atoms with Crippen molar-refractivity contribution in [3.63, 3.8) is 0 Å². The predicted molar refractivity (Wildman–Crippen MR) is 73.5 cm³/mol. The van der Waals surface area contributed by atoms with Crippen LogP contribution in [-0.2, 0) is 19.1 Å². The van der Waals surface area contributed by atoms with Gasteiger partial charge in [-0.05, 0) is 13.8 Å². The average molecular weight is 284 g/mol. The topological polar surface area (TPSA) is 93.1 Å². The summed E-state index contributed by atoms with van der Waals surface area (Å²) in [7, 11) is 0. The number of carboxylic acids is 2. The predicted octanol–water partition coefficient (Wildman–Crippen LogP) is 1.63. The second-order valence-corrected chi connectivity index (χ2v) is 3.97. The van der Waals surface area contributed by atoms with Crippen molar-refractivity contribution < 1.29 is 29.3 Å². The third-order valence-corrected chi connectivity index (χ3v) is 2.49. The molecule has 0 spiro atoms. The van der Waals surface area contributed by atoms with Crippen LogP contribution in [0.3, 0.4) is 0 Å². The van der Waals surface area contributed by atoms with Gasteiger partial charge in [-0.3, -0.25) is 0 Å². The number of rotatable bonds is 10. The molecular formula is C14H20O6. The minimum Gasteiger partial charge on any atom is -0.478 e. The molecule has 0 aromatic carbocycles. The Morgan fingerprint density at radius 3 is 1.45 bits per heavy atom. The molecule has 0 saturated heterocycles. The van der Waals surface area contributed by atoms with Crippen LogP contribution in [0, 0.1) is 0 Å². The minimum atomic E-state index is -1.35. The summed E-state index contributed by atoms with van der Waals surface area (Å²) in [4.78, 5) is 22.7. The number of hydrogen-bond acceptors (Lipinski definition) is 4. The van der Waals surface area contributed by atoms with E-state index in [0.717, 1.165) is 0 Å². The molecule has 0 bridgehead atoms. The lowest BCUT2D eigenvalue weighted by molar-refractivity contribution is -0.138. The second kappa shape index (κ2) is 9.06. The second-order valence-electron chi connectivity index (χ2n) is 3.97. The van der Waals surface area contributed by atoms with E-state index in [9.17, 15) is 19.8 Å². The molecule has 0 saturated carbocycles. The monoisotopic (exact) mass is 284 g/mol. The van der Waals surface area contributed by atoms with Crippen molar-refractivity contribution in [1.82, 2.24) is 0 Å². The Balaban J connectivity index is 5.54. The standard InChI is InChI=1S/C14H20O6/c1-5-7-19-9(3)11(13(15)16)12(14(17)18)10(4)20-8-6-2/h5-6,9-10H,1-2,7-8H2,3-4H3,(H,15,16)(H,17,18). The van der Waals surface area contributed by atoms with Gasteiger partial charge in [0.1, 0.15) is 0 Å². The Bertz CT molecular complexity index is 372. The fourth-order valence-electron chi connectivity index (χ4n) is 1.61. The SMILES string of the molecule is C=CCOC(C)C(C(=O)O)=C(C(=O)O)C(C)OCC=C. The average Bonchev–Trinajstić information content (AvgIpc) is 2.38. The van der Waals surface area contributed by atoms with Crippen molar-refractivity contribution in [3.8, 4) is 0 Å². The minimum absolute atomic E-state index is 0.118. The molecule has 0 fully saturated rings. The van der Waals surface area contributed by atoms with E-state index >= 15 is 0 Å². The van der Waals surface area contributed by atoms with E-state index in [0.29, 0.717) is 0 Å². The van der Waals surface area contributed by atoms with E-state index in [2.05, 4.69) is 13.2 Å². The highest BCUT2D eigenvalue weighted by Crippen LogP contribution is 2.19. The molecule has 2 atom stereocenters. The van der Waals surface area contributed by atoms with Crippen molar-refractivity contribution in [2.75, 3.05) is 13.2 Å². The van der Waals surface area contributed by atoms with Crippen molar-refractivity contribution in [3.05, 3.63) is 36.5 Å². The lowest BCUT2D eigenvalue weighted by Gasteiger charge is -2.20. The summed E-state index contributed by atoms with van der Waals surface area (Å²) in [5, 5.41) is 18.5. The van der Waals surface area contributed by atoms with E-state index in [-0.39, 0.29) is 24.4 Å². The van der Waals surface area contributed by atoms with Gasteiger partial charge in [-0.2, -0.15) is 0 Å². The number of carboxylic acid groups (broad SMARTS) is 2. The van der Waals surface area contributed by atoms with Gasteiger partial charge in [-0.1, -0.05) is 12.2 Å². The lowest BCUT2D eigenvalue weighted by atomic mass is 9.99. The molecule has 2 unspecified atom stereocenters. The number of aliphatic carboxylic acids is 2. The largest absolute Gasteiger partial charge is 0.478 e. The molecule has 0 aliphatic rings. The van der Waals surface area contributed by atoms with Gasteiger partial charge in [0.25, 0.3) is 0 Å². The van der Waals surface area contributed by atoms with Gasteiger partial charge in [0.2, 0.25) is 0 Å². The summed E-state index contributed by atoms with van der Waals surface area (Å²) < 4.78 is 10.4. The van der Waals surface area contributed by atoms with Gasteiger partial charge in [0.15, 0.2) is 0 Å². The van der Waals surface area contributed by atoms with Crippen molar-refractivity contribution in [1.29, 1.82) is 0 Å². The Kier molecular flexibility index (Phi) is 8.19. The Hall–Kier alpha value is -1.92. The zero-order chi connectivity index (χ0) is 15.7. The zero-order valence-electron chi connectivity index (χ0n) is 11.7. The van der Waals surface area contributed by atoms with E-state index in [4.69, 9.17) is 9.47 Å². The number of ether oxygens (including phenoxy) is 2. The molecule has 112 valence electrons. The molecule has 0 aromatic rings. The molecule has 0 rings (SSSR count). The molecule has 0 aliphatic heterocycles. The fourth-order valence-corrected chi connectivity index (χ4v) is 1.61. The van der Waals surface area contributed by atoms with Gasteiger partial charge in [0.05, 0.1) is 36.6 Å². The fraction of sp³-hybridized carbons (Fsp3) is 0.429. The van der Waals surface area contributed by atoms with Gasteiger partial charge < -0.3 is 19.7 Å². The summed E-state index contributed by atoms with van der Waals surface area (Å²) in [5.74, 6) is -2.71. The number of carbonyl (C=O) groups is 2. The van der Waals surface area contributed by atoms with Crippen LogP contribution >= 0.6 is 0 Å². The molecule has 0 heterocycles. The molecule has 6 nitrogen and oxygen atoms in total. The van der Waals surface area contributed by atoms with E-state index < -0.39 is 24.1 Å². The van der Waals surface area contributed by atoms with Crippen LogP contribution < -0.4 is 0 Å². The van der Waals surface area contributed by atoms with Gasteiger partial charge in [0, 0.05) is 0 Å². The smallest absolute Gasteiger partial charge is 0.334 e. The summed E-state index contributed by atoms with van der Waals surface area (Å²) in [6, 6.07) is 0. The Labute approximate surface area is 118 Å². The maximum absolute atomic E-state index is 11.3. The quantitative estimate of drug-likeness (QED) is 0.468. The van der Waals surface area contributed by atoms with Crippen LogP contribution in [0.5, 0.6) is 0 Å². The molecule has 2 N–H and O–H groups in total. The van der Waals surface area contributed by atoms with Gasteiger partial charge in [-0.25, -0.2) is 9.59 Å². The van der Waals surface area contributed by atoms with E-state index in [1.807, 2.05) is 0 Å². The third-order valence-electron chi connectivity index (χ3n) is 2.49. The van der Waals surface area contributed by atoms with Crippen LogP contribution in [0.1, 0.15) is 13.8 Å². The lowest BCUT2D eigenvalue weighted by Crippen LogP contribution is -2.29. The molecule has 0 amide bonds. The third kappa shape index (κ3) is 5.38. The summed E-state index contributed by atoms with van der Waals surface area (Å²) in [6.07, 6.45) is 1.11. The van der Waals surface area contributed by atoms with Crippen molar-refractivity contribution in [2.45, 2.75) is 26.1 Å². The van der Waals surface area contributed by atoms with Gasteiger partial charge >= 0.3 is 11.9 Å². The van der Waals surface area contributed by atoms with E-state index in [1.54, 1.807) is 0 Å². The highest BCUT2D eigenvalue weighted by Gasteiger charge is 2.29. The van der Waals surface area contributed by atoms with Crippen LogP contribution in [0.25, 0.3) is 0 Å². The first kappa shape index (κ1) is 18.1. The number of hydrogen-bond donors (Lipinski definition) is 2. The molecule has 0 aliphatic carbocycles. The van der Waals surface area contributed by atoms with Crippen LogP contribution in [0.15, 0.2) is 36.5 Å². The first-order valence-corrected chi connectivity index (χ1v) is 6.02. The van der Waals surface area contributed by atoms with Crippen LogP contribution in [-0.4, -0.2) is 47.6 Å². The van der Waals surface area contributed by atoms with E-state index in [1.165, 1.54) is 26.0 Å². The molecule has 0 radical (unpaired) electrons. The zero-order valence-corrected chi connectivity index (χ0v) is 11.7. The Morgan fingerprint density at radius 2 is 1.25 bits per heavy atom. The van der Waals surface area contributed by atoms with Crippen LogP contribution in [0.4, 0.5) is 0 Å². The highest BCUT2D eigenvalue weighted by atomic mass is 16.5. The molecule has 0 aromatic heterocycles. The summed E-state index contributed by atoms with van der Waals surface area (Å²) in [5.41, 5.74) is -0.674. The maximum atomic E-state index is 11.3. The first-order valence-electron chi connectivity index (χ1n) is 6.02. The molecular weight excluding hydrogens is 264 g/mol. The van der Waals surface area contributed by atoms with Crippen molar-refractivity contribution in [2.24, 2.45) is 0 Å². The van der Waals surface area contributed by atoms with Crippen LogP contribution in [0.2, 0.25) is 0 Å². The van der Waals surface area contributed by atoms with Gasteiger partial charge in [-0.15, -0.1) is 13.2 Å². The summed E-state index contributed by atoms with van der Waals surface area (Å²) >= 11 is 0. The summed E-state index contributed by atoms with van der Waals surface area (Å²) in [6.45, 7) is 10.1. The highest BCUT2D eigenvalue weighted by molar-refractivity contribution is 6.00. The first-order chi connectivity index (χ1) is 9.36. The molecule has 20 heavy (non-hydrogen) atoms. The van der Waals surface area contributed by atoms with Crippen molar-refractivity contribution >= 4 is 11.9 Å². The maximum Gasteiger partial charge on any atom is 0.334 e. The molecule has 6 heteroatoms. The Morgan fingerprint density at radius 1 is 0.950 bits per heavy atom.